The third-order valence-electron chi connectivity index (χ3n) is 3.15. The van der Waals surface area contributed by atoms with E-state index in [1.807, 2.05) is 6.07 Å². The monoisotopic (exact) mass is 309 g/mol. The SMILES string of the molecule is FC(F)(F)c1cccc(Cc2ccc3[nH]c(=S)oc3c2)c1. The first-order chi connectivity index (χ1) is 9.91. The van der Waals surface area contributed by atoms with Crippen LogP contribution in [0, 0.1) is 4.84 Å². The van der Waals surface area contributed by atoms with E-state index in [0.29, 0.717) is 17.6 Å². The Bertz CT molecular complexity index is 848. The first kappa shape index (κ1) is 13.9. The average Bonchev–Trinajstić information content (AvgIpc) is 2.77. The Hall–Kier alpha value is -2.08. The van der Waals surface area contributed by atoms with Gasteiger partial charge in [0, 0.05) is 0 Å². The quantitative estimate of drug-likeness (QED) is 0.667. The number of aromatic amines is 1. The van der Waals surface area contributed by atoms with Gasteiger partial charge in [0.05, 0.1) is 11.1 Å². The number of hydrogen-bond donors (Lipinski definition) is 1. The van der Waals surface area contributed by atoms with Gasteiger partial charge in [-0.15, -0.1) is 0 Å². The van der Waals surface area contributed by atoms with E-state index in [1.165, 1.54) is 6.07 Å². The van der Waals surface area contributed by atoms with Crippen molar-refractivity contribution in [1.82, 2.24) is 4.98 Å². The van der Waals surface area contributed by atoms with Gasteiger partial charge >= 0.3 is 6.18 Å². The summed E-state index contributed by atoms with van der Waals surface area (Å²) in [6, 6.07) is 10.7. The van der Waals surface area contributed by atoms with Gasteiger partial charge in [-0.05, 0) is 48.0 Å². The van der Waals surface area contributed by atoms with Gasteiger partial charge in [-0.3, -0.25) is 0 Å². The molecule has 0 spiro atoms. The third-order valence-corrected chi connectivity index (χ3v) is 3.33. The van der Waals surface area contributed by atoms with Crippen molar-refractivity contribution >= 4 is 23.3 Å². The van der Waals surface area contributed by atoms with E-state index < -0.39 is 11.7 Å². The molecule has 1 heterocycles. The summed E-state index contributed by atoms with van der Waals surface area (Å²) in [4.78, 5) is 3.16. The first-order valence-electron chi connectivity index (χ1n) is 6.20. The van der Waals surface area contributed by atoms with Crippen LogP contribution in [0.25, 0.3) is 11.1 Å². The fourth-order valence-electron chi connectivity index (χ4n) is 2.19. The molecule has 1 N–H and O–H groups in total. The van der Waals surface area contributed by atoms with Crippen molar-refractivity contribution in [3.63, 3.8) is 0 Å². The molecule has 0 atom stereocenters. The molecule has 0 aliphatic rings. The number of H-pyrrole nitrogens is 1. The minimum Gasteiger partial charge on any atom is -0.429 e. The highest BCUT2D eigenvalue weighted by molar-refractivity contribution is 7.71. The minimum absolute atomic E-state index is 0.279. The van der Waals surface area contributed by atoms with Crippen molar-refractivity contribution in [1.29, 1.82) is 0 Å². The summed E-state index contributed by atoms with van der Waals surface area (Å²) in [5, 5.41) is 0. The molecular formula is C15H10F3NOS. The second-order valence-corrected chi connectivity index (χ2v) is 5.09. The van der Waals surface area contributed by atoms with Crippen LogP contribution in [0.1, 0.15) is 16.7 Å². The van der Waals surface area contributed by atoms with Crippen LogP contribution in [0.2, 0.25) is 0 Å². The van der Waals surface area contributed by atoms with Crippen molar-refractivity contribution in [3.05, 3.63) is 64.0 Å². The minimum atomic E-state index is -4.33. The van der Waals surface area contributed by atoms with E-state index in [1.54, 1.807) is 18.2 Å². The van der Waals surface area contributed by atoms with E-state index in [-0.39, 0.29) is 4.84 Å². The summed E-state index contributed by atoms with van der Waals surface area (Å²) >= 11 is 4.90. The van der Waals surface area contributed by atoms with Crippen LogP contribution in [-0.4, -0.2) is 4.98 Å². The van der Waals surface area contributed by atoms with Gasteiger partial charge in [-0.1, -0.05) is 24.3 Å². The molecule has 0 fully saturated rings. The Morgan fingerprint density at radius 3 is 2.57 bits per heavy atom. The van der Waals surface area contributed by atoms with Crippen LogP contribution in [-0.2, 0) is 12.6 Å². The molecule has 2 aromatic carbocycles. The Morgan fingerprint density at radius 2 is 1.81 bits per heavy atom. The number of fused-ring (bicyclic) bond motifs is 1. The Labute approximate surface area is 123 Å². The topological polar surface area (TPSA) is 28.9 Å². The smallest absolute Gasteiger partial charge is 0.416 e. The van der Waals surface area contributed by atoms with Crippen molar-refractivity contribution in [2.75, 3.05) is 0 Å². The standard InChI is InChI=1S/C15H10F3NOS/c16-15(17,18)11-3-1-2-9(7-11)6-10-4-5-12-13(8-10)20-14(21)19-12/h1-5,7-8H,6H2,(H,19,21). The zero-order chi connectivity index (χ0) is 15.0. The summed E-state index contributed by atoms with van der Waals surface area (Å²) < 4.78 is 43.4. The van der Waals surface area contributed by atoms with Gasteiger partial charge in [-0.25, -0.2) is 0 Å². The fraction of sp³-hybridized carbons (Fsp3) is 0.133. The van der Waals surface area contributed by atoms with Crippen LogP contribution in [0.3, 0.4) is 0 Å². The number of oxazole rings is 1. The highest BCUT2D eigenvalue weighted by atomic mass is 32.1. The van der Waals surface area contributed by atoms with Crippen molar-refractivity contribution in [3.8, 4) is 0 Å². The Balaban J connectivity index is 1.92. The third kappa shape index (κ3) is 3.00. The lowest BCUT2D eigenvalue weighted by Crippen LogP contribution is -2.05. The van der Waals surface area contributed by atoms with Crippen LogP contribution in [0.4, 0.5) is 13.2 Å². The van der Waals surface area contributed by atoms with Crippen LogP contribution < -0.4 is 0 Å². The zero-order valence-corrected chi connectivity index (χ0v) is 11.5. The average molecular weight is 309 g/mol. The Morgan fingerprint density at radius 1 is 1.05 bits per heavy atom. The number of rotatable bonds is 2. The van der Waals surface area contributed by atoms with Crippen molar-refractivity contribution in [2.24, 2.45) is 0 Å². The maximum absolute atomic E-state index is 12.7. The fourth-order valence-corrected chi connectivity index (χ4v) is 2.39. The second-order valence-electron chi connectivity index (χ2n) is 4.72. The molecule has 2 nitrogen and oxygen atoms in total. The molecule has 0 radical (unpaired) electrons. The molecule has 0 amide bonds. The molecule has 0 bridgehead atoms. The zero-order valence-electron chi connectivity index (χ0n) is 10.7. The highest BCUT2D eigenvalue weighted by Gasteiger charge is 2.30. The lowest BCUT2D eigenvalue weighted by Gasteiger charge is -2.08. The summed E-state index contributed by atoms with van der Waals surface area (Å²) in [5.41, 5.74) is 2.19. The molecule has 21 heavy (non-hydrogen) atoms. The molecule has 0 saturated heterocycles. The maximum atomic E-state index is 12.7. The van der Waals surface area contributed by atoms with Gasteiger partial charge in [0.1, 0.15) is 0 Å². The number of alkyl halides is 3. The lowest BCUT2D eigenvalue weighted by atomic mass is 10.0. The molecule has 3 rings (SSSR count). The maximum Gasteiger partial charge on any atom is 0.416 e. The molecule has 0 saturated carbocycles. The number of benzene rings is 2. The first-order valence-corrected chi connectivity index (χ1v) is 6.60. The molecule has 3 aromatic rings. The second kappa shape index (κ2) is 5.04. The van der Waals surface area contributed by atoms with Crippen LogP contribution in [0.15, 0.2) is 46.9 Å². The van der Waals surface area contributed by atoms with Crippen LogP contribution >= 0.6 is 12.2 Å². The largest absolute Gasteiger partial charge is 0.429 e. The van der Waals surface area contributed by atoms with Gasteiger partial charge in [0.25, 0.3) is 4.84 Å². The molecule has 0 aliphatic heterocycles. The number of hydrogen-bond acceptors (Lipinski definition) is 2. The van der Waals surface area contributed by atoms with E-state index in [9.17, 15) is 13.2 Å². The predicted molar refractivity (Wildman–Crippen MR) is 75.6 cm³/mol. The van der Waals surface area contributed by atoms with Gasteiger partial charge in [-0.2, -0.15) is 13.2 Å². The van der Waals surface area contributed by atoms with Crippen molar-refractivity contribution < 1.29 is 17.6 Å². The summed E-state index contributed by atoms with van der Waals surface area (Å²) in [7, 11) is 0. The summed E-state index contributed by atoms with van der Waals surface area (Å²) in [6.45, 7) is 0. The van der Waals surface area contributed by atoms with E-state index in [4.69, 9.17) is 16.6 Å². The number of aromatic nitrogens is 1. The summed E-state index contributed by atoms with van der Waals surface area (Å²) in [6.07, 6.45) is -3.93. The number of nitrogens with one attached hydrogen (secondary N) is 1. The van der Waals surface area contributed by atoms with E-state index in [2.05, 4.69) is 4.98 Å². The van der Waals surface area contributed by atoms with Gasteiger partial charge < -0.3 is 9.40 Å². The summed E-state index contributed by atoms with van der Waals surface area (Å²) in [5.74, 6) is 0. The molecule has 0 aliphatic carbocycles. The van der Waals surface area contributed by atoms with E-state index in [0.717, 1.165) is 23.2 Å². The Kier molecular flexibility index (Phi) is 3.33. The highest BCUT2D eigenvalue weighted by Crippen LogP contribution is 2.30. The number of halogens is 3. The van der Waals surface area contributed by atoms with Gasteiger partial charge in [0.2, 0.25) is 0 Å². The molecule has 1 aromatic heterocycles. The lowest BCUT2D eigenvalue weighted by molar-refractivity contribution is -0.137. The molecule has 0 unspecified atom stereocenters. The van der Waals surface area contributed by atoms with Crippen LogP contribution in [0.5, 0.6) is 0 Å². The van der Waals surface area contributed by atoms with E-state index >= 15 is 0 Å². The van der Waals surface area contributed by atoms with Crippen molar-refractivity contribution in [2.45, 2.75) is 12.6 Å². The predicted octanol–water partition coefficient (Wildman–Crippen LogP) is 5.10. The normalized spacial score (nSPS) is 12.0. The molecule has 6 heteroatoms. The van der Waals surface area contributed by atoms with Gasteiger partial charge in [0.15, 0.2) is 5.58 Å². The molecule has 108 valence electrons. The molecular weight excluding hydrogens is 299 g/mol.